The number of ether oxygens (including phenoxy) is 1. The molecule has 0 unspecified atom stereocenters. The highest BCUT2D eigenvalue weighted by molar-refractivity contribution is 6.30. The van der Waals surface area contributed by atoms with E-state index in [1.165, 1.54) is 11.6 Å². The molecule has 5 nitrogen and oxygen atoms in total. The minimum absolute atomic E-state index is 0.137. The highest BCUT2D eigenvalue weighted by atomic mass is 35.5. The van der Waals surface area contributed by atoms with Gasteiger partial charge in [0.05, 0.1) is 0 Å². The van der Waals surface area contributed by atoms with Gasteiger partial charge in [-0.05, 0) is 54.3 Å². The van der Waals surface area contributed by atoms with Crippen molar-refractivity contribution in [2.75, 3.05) is 26.8 Å². The smallest absolute Gasteiger partial charge is 0.251 e. The summed E-state index contributed by atoms with van der Waals surface area (Å²) in [5.74, 6) is -0.289. The van der Waals surface area contributed by atoms with E-state index in [9.17, 15) is 9.59 Å². The van der Waals surface area contributed by atoms with Gasteiger partial charge in [-0.3, -0.25) is 9.59 Å². The van der Waals surface area contributed by atoms with E-state index in [1.54, 1.807) is 25.3 Å². The summed E-state index contributed by atoms with van der Waals surface area (Å²) < 4.78 is 5.54. The molecule has 2 N–H and O–H groups in total. The Morgan fingerprint density at radius 2 is 1.72 bits per heavy atom. The van der Waals surface area contributed by atoms with Crippen LogP contribution in [0.1, 0.15) is 34.3 Å². The lowest BCUT2D eigenvalue weighted by Crippen LogP contribution is -2.44. The van der Waals surface area contributed by atoms with Crippen molar-refractivity contribution in [3.05, 3.63) is 76.3 Å². The number of amides is 2. The average Bonchev–Trinajstić information content (AvgIpc) is 2.77. The van der Waals surface area contributed by atoms with Gasteiger partial charge in [0.25, 0.3) is 5.91 Å². The van der Waals surface area contributed by atoms with E-state index >= 15 is 0 Å². The SMILES string of the molecule is CNC(=O)c1ccc(C=CC(=O)NCC2(c3ccc(Cl)cc3)CCOCC2)cc1. The van der Waals surface area contributed by atoms with Crippen molar-refractivity contribution in [1.82, 2.24) is 10.6 Å². The third kappa shape index (κ3) is 5.46. The fraction of sp³-hybridized carbons (Fsp3) is 0.304. The average molecular weight is 413 g/mol. The first-order chi connectivity index (χ1) is 14.0. The minimum atomic E-state index is -0.153. The van der Waals surface area contributed by atoms with Crippen molar-refractivity contribution in [2.24, 2.45) is 0 Å². The summed E-state index contributed by atoms with van der Waals surface area (Å²) in [4.78, 5) is 24.0. The van der Waals surface area contributed by atoms with Gasteiger partial charge in [-0.1, -0.05) is 35.9 Å². The van der Waals surface area contributed by atoms with E-state index in [4.69, 9.17) is 16.3 Å². The second kappa shape index (κ2) is 9.72. The fourth-order valence-corrected chi connectivity index (χ4v) is 3.64. The second-order valence-electron chi connectivity index (χ2n) is 7.15. The number of carbonyl (C=O) groups excluding carboxylic acids is 2. The van der Waals surface area contributed by atoms with E-state index in [0.717, 1.165) is 18.4 Å². The van der Waals surface area contributed by atoms with E-state index in [1.807, 2.05) is 36.4 Å². The summed E-state index contributed by atoms with van der Waals surface area (Å²) in [7, 11) is 1.59. The zero-order valence-corrected chi connectivity index (χ0v) is 17.2. The molecule has 2 aromatic carbocycles. The lowest BCUT2D eigenvalue weighted by atomic mass is 9.74. The molecule has 0 aromatic heterocycles. The molecular weight excluding hydrogens is 388 g/mol. The highest BCUT2D eigenvalue weighted by Crippen LogP contribution is 2.34. The minimum Gasteiger partial charge on any atom is -0.381 e. The van der Waals surface area contributed by atoms with Crippen LogP contribution < -0.4 is 10.6 Å². The molecule has 3 rings (SSSR count). The van der Waals surface area contributed by atoms with Crippen LogP contribution >= 0.6 is 11.6 Å². The van der Waals surface area contributed by atoms with Crippen LogP contribution in [0.3, 0.4) is 0 Å². The van der Waals surface area contributed by atoms with Crippen LogP contribution in [-0.4, -0.2) is 38.6 Å². The quantitative estimate of drug-likeness (QED) is 0.712. The molecule has 2 aromatic rings. The predicted molar refractivity (Wildman–Crippen MR) is 115 cm³/mol. The van der Waals surface area contributed by atoms with E-state index in [2.05, 4.69) is 10.6 Å². The molecule has 1 aliphatic heterocycles. The Kier molecular flexibility index (Phi) is 7.07. The summed E-state index contributed by atoms with van der Waals surface area (Å²) in [6.07, 6.45) is 4.95. The molecule has 1 saturated heterocycles. The molecule has 2 amide bonds. The molecule has 1 heterocycles. The molecular formula is C23H25ClN2O3. The lowest BCUT2D eigenvalue weighted by Gasteiger charge is -2.37. The number of benzene rings is 2. The van der Waals surface area contributed by atoms with Gasteiger partial charge in [-0.15, -0.1) is 0 Å². The standard InChI is InChI=1S/C23H25ClN2O3/c1-25-22(28)18-5-2-17(3-6-18)4-11-21(27)26-16-23(12-14-29-15-13-23)19-7-9-20(24)10-8-19/h2-11H,12-16H2,1H3,(H,25,28)(H,26,27). The van der Waals surface area contributed by atoms with Gasteiger partial charge in [-0.2, -0.15) is 0 Å². The Labute approximate surface area is 176 Å². The monoisotopic (exact) mass is 412 g/mol. The van der Waals surface area contributed by atoms with E-state index < -0.39 is 0 Å². The maximum atomic E-state index is 12.4. The van der Waals surface area contributed by atoms with E-state index in [0.29, 0.717) is 30.3 Å². The first-order valence-corrected chi connectivity index (χ1v) is 10.0. The van der Waals surface area contributed by atoms with Gasteiger partial charge < -0.3 is 15.4 Å². The number of hydrogen-bond donors (Lipinski definition) is 2. The summed E-state index contributed by atoms with van der Waals surface area (Å²) in [6.45, 7) is 1.88. The Morgan fingerprint density at radius 1 is 1.07 bits per heavy atom. The molecule has 1 fully saturated rings. The molecule has 1 aliphatic rings. The van der Waals surface area contributed by atoms with Crippen LogP contribution in [0.15, 0.2) is 54.6 Å². The molecule has 152 valence electrons. The van der Waals surface area contributed by atoms with Crippen LogP contribution in [0.2, 0.25) is 5.02 Å². The van der Waals surface area contributed by atoms with Gasteiger partial charge in [-0.25, -0.2) is 0 Å². The van der Waals surface area contributed by atoms with Crippen molar-refractivity contribution in [3.63, 3.8) is 0 Å². The lowest BCUT2D eigenvalue weighted by molar-refractivity contribution is -0.116. The number of carbonyl (C=O) groups is 2. The Bertz CT molecular complexity index is 870. The van der Waals surface area contributed by atoms with Gasteiger partial charge in [0.2, 0.25) is 5.91 Å². The van der Waals surface area contributed by atoms with Crippen LogP contribution in [0.4, 0.5) is 0 Å². The van der Waals surface area contributed by atoms with Crippen LogP contribution in [0.5, 0.6) is 0 Å². The van der Waals surface area contributed by atoms with Gasteiger partial charge in [0.15, 0.2) is 0 Å². The summed E-state index contributed by atoms with van der Waals surface area (Å²) in [6, 6.07) is 14.9. The maximum absolute atomic E-state index is 12.4. The number of halogens is 1. The topological polar surface area (TPSA) is 67.4 Å². The number of rotatable bonds is 6. The van der Waals surface area contributed by atoms with Crippen molar-refractivity contribution >= 4 is 29.5 Å². The zero-order chi connectivity index (χ0) is 20.7. The number of hydrogen-bond acceptors (Lipinski definition) is 3. The van der Waals surface area contributed by atoms with Gasteiger partial charge in [0.1, 0.15) is 0 Å². The third-order valence-corrected chi connectivity index (χ3v) is 5.59. The zero-order valence-electron chi connectivity index (χ0n) is 16.4. The third-order valence-electron chi connectivity index (χ3n) is 5.33. The molecule has 0 spiro atoms. The largest absolute Gasteiger partial charge is 0.381 e. The van der Waals surface area contributed by atoms with Crippen LogP contribution in [0, 0.1) is 0 Å². The highest BCUT2D eigenvalue weighted by Gasteiger charge is 2.34. The first kappa shape index (κ1) is 21.1. The molecule has 0 aliphatic carbocycles. The molecule has 0 atom stereocenters. The molecule has 0 saturated carbocycles. The Morgan fingerprint density at radius 3 is 2.34 bits per heavy atom. The summed E-state index contributed by atoms with van der Waals surface area (Å²) in [5.41, 5.74) is 2.45. The van der Waals surface area contributed by atoms with Gasteiger partial charge in [0, 0.05) is 48.9 Å². The van der Waals surface area contributed by atoms with Crippen molar-refractivity contribution in [2.45, 2.75) is 18.3 Å². The normalized spacial score (nSPS) is 15.8. The fourth-order valence-electron chi connectivity index (χ4n) is 3.51. The van der Waals surface area contributed by atoms with Crippen LogP contribution in [0.25, 0.3) is 6.08 Å². The Hall–Kier alpha value is -2.63. The number of nitrogens with one attached hydrogen (secondary N) is 2. The van der Waals surface area contributed by atoms with Crippen molar-refractivity contribution in [3.8, 4) is 0 Å². The summed E-state index contributed by atoms with van der Waals surface area (Å²) >= 11 is 6.03. The molecule has 0 radical (unpaired) electrons. The molecule has 29 heavy (non-hydrogen) atoms. The predicted octanol–water partition coefficient (Wildman–Crippen LogP) is 3.58. The maximum Gasteiger partial charge on any atom is 0.251 e. The second-order valence-corrected chi connectivity index (χ2v) is 7.59. The van der Waals surface area contributed by atoms with Crippen molar-refractivity contribution in [1.29, 1.82) is 0 Å². The summed E-state index contributed by atoms with van der Waals surface area (Å²) in [5, 5.41) is 6.32. The van der Waals surface area contributed by atoms with Crippen LogP contribution in [-0.2, 0) is 14.9 Å². The molecule has 0 bridgehead atoms. The van der Waals surface area contributed by atoms with Gasteiger partial charge >= 0.3 is 0 Å². The van der Waals surface area contributed by atoms with Crippen molar-refractivity contribution < 1.29 is 14.3 Å². The first-order valence-electron chi connectivity index (χ1n) is 9.64. The molecule has 6 heteroatoms. The Balaban J connectivity index is 1.63. The van der Waals surface area contributed by atoms with E-state index in [-0.39, 0.29) is 17.2 Å².